The topological polar surface area (TPSA) is 111 Å². The van der Waals surface area contributed by atoms with Gasteiger partial charge in [-0.15, -0.1) is 0 Å². The smallest absolute Gasteiger partial charge is 0.306 e. The number of phosphoric acid groups is 1. The second-order valence-electron chi connectivity index (χ2n) is 25.2. The number of unbranched alkanes of at least 4 members (excludes halogenated alkanes) is 36. The maximum absolute atomic E-state index is 12.8. The molecule has 10 heteroatoms. The first-order valence-corrected chi connectivity index (χ1v) is 37.4. The highest BCUT2D eigenvalue weighted by atomic mass is 31.2. The predicted octanol–water partition coefficient (Wildman–Crippen LogP) is 22.9. The number of carbonyl (C=O) groups excluding carboxylic acids is 2. The summed E-state index contributed by atoms with van der Waals surface area (Å²) in [5, 5.41) is 0. The van der Waals surface area contributed by atoms with Gasteiger partial charge in [-0.25, -0.2) is 0 Å². The number of likely N-dealkylation sites (N-methyl/N-ethyl adjacent to an activating group) is 1. The normalized spacial score (nSPS) is 13.7. The molecule has 0 aliphatic rings. The number of rotatable bonds is 66. The second kappa shape index (κ2) is 66.4. The third kappa shape index (κ3) is 70.0. The number of hydrogen-bond donors (Lipinski definition) is 0. The number of phosphoric ester groups is 1. The van der Waals surface area contributed by atoms with E-state index in [1.54, 1.807) is 0 Å². The fourth-order valence-corrected chi connectivity index (χ4v) is 10.8. The molecule has 0 amide bonds. The number of quaternary nitrogens is 1. The average molecular weight is 1220 g/mol. The van der Waals surface area contributed by atoms with Crippen LogP contribution in [-0.4, -0.2) is 70.0 Å². The third-order valence-corrected chi connectivity index (χ3v) is 16.6. The van der Waals surface area contributed by atoms with E-state index in [1.807, 2.05) is 21.1 Å². The van der Waals surface area contributed by atoms with E-state index in [4.69, 9.17) is 18.5 Å². The average Bonchev–Trinajstić information content (AvgIpc) is 3.56. The van der Waals surface area contributed by atoms with Crippen molar-refractivity contribution in [2.24, 2.45) is 0 Å². The summed E-state index contributed by atoms with van der Waals surface area (Å²) in [4.78, 5) is 38.0. The molecule has 2 unspecified atom stereocenters. The van der Waals surface area contributed by atoms with Crippen LogP contribution in [0.15, 0.2) is 97.2 Å². The van der Waals surface area contributed by atoms with Crippen LogP contribution < -0.4 is 4.89 Å². The van der Waals surface area contributed by atoms with E-state index in [0.717, 1.165) is 89.9 Å². The summed E-state index contributed by atoms with van der Waals surface area (Å²) in [6.07, 6.45) is 92.3. The zero-order valence-corrected chi connectivity index (χ0v) is 57.6. The fraction of sp³-hybridized carbons (Fsp3) is 0.763. The maximum Gasteiger partial charge on any atom is 0.306 e. The van der Waals surface area contributed by atoms with Crippen molar-refractivity contribution in [1.29, 1.82) is 0 Å². The van der Waals surface area contributed by atoms with Crippen LogP contribution in [0.4, 0.5) is 0 Å². The molecule has 498 valence electrons. The Morgan fingerprint density at radius 3 is 0.988 bits per heavy atom. The molecule has 0 radical (unpaired) electrons. The third-order valence-electron chi connectivity index (χ3n) is 15.6. The van der Waals surface area contributed by atoms with Crippen LogP contribution in [0.1, 0.15) is 322 Å². The van der Waals surface area contributed by atoms with Gasteiger partial charge in [-0.2, -0.15) is 0 Å². The number of nitrogens with zero attached hydrogens (tertiary/aromatic N) is 1. The van der Waals surface area contributed by atoms with Crippen LogP contribution in [0, 0.1) is 0 Å². The van der Waals surface area contributed by atoms with E-state index in [1.165, 1.54) is 199 Å². The Balaban J connectivity index is 3.97. The van der Waals surface area contributed by atoms with Crippen molar-refractivity contribution in [2.45, 2.75) is 328 Å². The lowest BCUT2D eigenvalue weighted by atomic mass is 10.0. The van der Waals surface area contributed by atoms with Gasteiger partial charge in [0.15, 0.2) is 6.10 Å². The quantitative estimate of drug-likeness (QED) is 0.0195. The van der Waals surface area contributed by atoms with Gasteiger partial charge in [0.25, 0.3) is 7.82 Å². The summed E-state index contributed by atoms with van der Waals surface area (Å²) >= 11 is 0. The van der Waals surface area contributed by atoms with Gasteiger partial charge in [-0.3, -0.25) is 14.2 Å². The number of esters is 2. The highest BCUT2D eigenvalue weighted by Gasteiger charge is 2.22. The molecular formula is C76H136NO8P. The predicted molar refractivity (Wildman–Crippen MR) is 369 cm³/mol. The van der Waals surface area contributed by atoms with Crippen LogP contribution >= 0.6 is 7.82 Å². The summed E-state index contributed by atoms with van der Waals surface area (Å²) in [6, 6.07) is 0. The van der Waals surface area contributed by atoms with Crippen LogP contribution in [-0.2, 0) is 32.7 Å². The van der Waals surface area contributed by atoms with Crippen molar-refractivity contribution in [1.82, 2.24) is 0 Å². The molecular weight excluding hydrogens is 1090 g/mol. The van der Waals surface area contributed by atoms with Crippen molar-refractivity contribution in [3.8, 4) is 0 Å². The lowest BCUT2D eigenvalue weighted by Gasteiger charge is -2.28. The second-order valence-corrected chi connectivity index (χ2v) is 26.6. The zero-order valence-electron chi connectivity index (χ0n) is 56.7. The van der Waals surface area contributed by atoms with Gasteiger partial charge in [0.2, 0.25) is 0 Å². The van der Waals surface area contributed by atoms with E-state index in [0.29, 0.717) is 17.4 Å². The van der Waals surface area contributed by atoms with Gasteiger partial charge in [0.05, 0.1) is 27.7 Å². The van der Waals surface area contributed by atoms with Crippen LogP contribution in [0.3, 0.4) is 0 Å². The molecule has 0 aromatic rings. The number of ether oxygens (including phenoxy) is 2. The minimum atomic E-state index is -4.65. The molecule has 0 bridgehead atoms. The molecule has 0 fully saturated rings. The Bertz CT molecular complexity index is 1770. The Kier molecular flexibility index (Phi) is 64.0. The van der Waals surface area contributed by atoms with Crippen molar-refractivity contribution < 1.29 is 42.1 Å². The molecule has 0 saturated heterocycles. The van der Waals surface area contributed by atoms with Crippen LogP contribution in [0.25, 0.3) is 0 Å². The van der Waals surface area contributed by atoms with Gasteiger partial charge in [0.1, 0.15) is 19.8 Å². The first kappa shape index (κ1) is 82.9. The Labute approximate surface area is 532 Å². The Hall–Kier alpha value is -3.07. The molecule has 2 atom stereocenters. The monoisotopic (exact) mass is 1220 g/mol. The van der Waals surface area contributed by atoms with Crippen molar-refractivity contribution in [3.05, 3.63) is 97.2 Å². The zero-order chi connectivity index (χ0) is 62.6. The van der Waals surface area contributed by atoms with Gasteiger partial charge < -0.3 is 27.9 Å². The molecule has 86 heavy (non-hydrogen) atoms. The van der Waals surface area contributed by atoms with Gasteiger partial charge >= 0.3 is 11.9 Å². The molecule has 0 aliphatic carbocycles. The highest BCUT2D eigenvalue weighted by molar-refractivity contribution is 7.45. The minimum absolute atomic E-state index is 0.0393. The molecule has 0 N–H and O–H groups in total. The van der Waals surface area contributed by atoms with E-state index in [9.17, 15) is 19.0 Å². The molecule has 9 nitrogen and oxygen atoms in total. The van der Waals surface area contributed by atoms with Gasteiger partial charge in [0, 0.05) is 12.8 Å². The molecule has 0 aromatic heterocycles. The molecule has 0 rings (SSSR count). The molecule has 0 heterocycles. The Morgan fingerprint density at radius 2 is 0.663 bits per heavy atom. The number of hydrogen-bond acceptors (Lipinski definition) is 8. The Morgan fingerprint density at radius 1 is 0.372 bits per heavy atom. The van der Waals surface area contributed by atoms with E-state index < -0.39 is 26.5 Å². The first-order valence-electron chi connectivity index (χ1n) is 35.9. The van der Waals surface area contributed by atoms with E-state index in [-0.39, 0.29) is 32.0 Å². The van der Waals surface area contributed by atoms with Gasteiger partial charge in [-0.05, 0) is 96.3 Å². The molecule has 0 spiro atoms. The summed E-state index contributed by atoms with van der Waals surface area (Å²) in [6.45, 7) is 4.11. The number of allylic oxidation sites excluding steroid dienone is 16. The number of carbonyl (C=O) groups is 2. The molecule has 0 aliphatic heterocycles. The molecule has 0 saturated carbocycles. The summed E-state index contributed by atoms with van der Waals surface area (Å²) in [5.41, 5.74) is 0. The summed E-state index contributed by atoms with van der Waals surface area (Å²) in [5.74, 6) is -0.856. The van der Waals surface area contributed by atoms with E-state index in [2.05, 4.69) is 111 Å². The SMILES string of the molecule is CC/C=C\C/C=C\C/C=C\C/C=C\C/C=C\C/C=C\CCCCCCC(=O)OC(COC(=O)CCCCCCCCCCCCCCCCCCCCCCCCCCCCC/C=C\C/C=C\CCCCCCC)COP(=O)([O-])OCC[N+](C)(C)C. The summed E-state index contributed by atoms with van der Waals surface area (Å²) < 4.78 is 34.3. The van der Waals surface area contributed by atoms with Crippen LogP contribution in [0.5, 0.6) is 0 Å². The highest BCUT2D eigenvalue weighted by Crippen LogP contribution is 2.38. The van der Waals surface area contributed by atoms with E-state index >= 15 is 0 Å². The standard InChI is InChI=1S/C76H136NO8P/c1-6-8-10-12-14-16-18-20-22-24-26-28-30-31-32-33-34-35-36-37-38-39-40-41-42-43-44-45-47-48-50-52-54-56-58-60-62-64-66-68-75(78)82-72-74(73-84-86(80,81)83-71-70-77(3,4)5)85-76(79)69-67-65-63-61-59-57-55-53-51-49-46-29-27-25-23-21-19-17-15-13-11-9-7-2/h9,11,15,17-18,20-21,23-24,26-27,29,49,51,55,57,74H,6-8,10,12-14,16,19,22,25,28,30-48,50,52-54,56,58-73H2,1-5H3/b11-9-,17-15-,20-18-,23-21-,26-24-,29-27-,51-49-,57-55-. The first-order chi connectivity index (χ1) is 42.0. The van der Waals surface area contributed by atoms with Crippen molar-refractivity contribution in [3.63, 3.8) is 0 Å². The lowest BCUT2D eigenvalue weighted by molar-refractivity contribution is -0.870. The minimum Gasteiger partial charge on any atom is -0.756 e. The molecule has 0 aromatic carbocycles. The fourth-order valence-electron chi connectivity index (χ4n) is 10.1. The van der Waals surface area contributed by atoms with Crippen molar-refractivity contribution >= 4 is 19.8 Å². The van der Waals surface area contributed by atoms with Gasteiger partial charge in [-0.1, -0.05) is 310 Å². The summed E-state index contributed by atoms with van der Waals surface area (Å²) in [7, 11) is 1.15. The largest absolute Gasteiger partial charge is 0.756 e. The lowest BCUT2D eigenvalue weighted by Crippen LogP contribution is -2.37. The maximum atomic E-state index is 12.8. The van der Waals surface area contributed by atoms with Crippen LogP contribution in [0.2, 0.25) is 0 Å². The van der Waals surface area contributed by atoms with Crippen molar-refractivity contribution in [2.75, 3.05) is 47.5 Å².